The van der Waals surface area contributed by atoms with Crippen LogP contribution in [0.15, 0.2) is 12.2 Å². The number of hydrogen-bond donors (Lipinski definition) is 2. The van der Waals surface area contributed by atoms with E-state index in [0.29, 0.717) is 0 Å². The summed E-state index contributed by atoms with van der Waals surface area (Å²) in [7, 11) is 0. The van der Waals surface area contributed by atoms with Crippen molar-refractivity contribution in [1.29, 1.82) is 0 Å². The summed E-state index contributed by atoms with van der Waals surface area (Å²) in [5.74, 6) is -0.565. The highest BCUT2D eigenvalue weighted by Crippen LogP contribution is 2.04. The normalized spacial score (nSPS) is 12.2. The molecule has 0 spiro atoms. The Morgan fingerprint density at radius 2 is 2.25 bits per heavy atom. The molecule has 1 unspecified atom stereocenters. The van der Waals surface area contributed by atoms with Gasteiger partial charge in [0.1, 0.15) is 6.61 Å². The molecule has 4 heteroatoms. The largest absolute Gasteiger partial charge is 0.460 e. The van der Waals surface area contributed by atoms with Crippen LogP contribution in [0.25, 0.3) is 0 Å². The number of aliphatic hydroxyl groups is 2. The van der Waals surface area contributed by atoms with Crippen molar-refractivity contribution in [3.8, 4) is 0 Å². The molecule has 0 aromatic heterocycles. The zero-order valence-corrected chi connectivity index (χ0v) is 7.12. The van der Waals surface area contributed by atoms with Gasteiger partial charge in [-0.2, -0.15) is 0 Å². The molecule has 70 valence electrons. The first-order valence-corrected chi connectivity index (χ1v) is 3.71. The first-order chi connectivity index (χ1) is 5.57. The van der Waals surface area contributed by atoms with E-state index in [2.05, 4.69) is 11.3 Å². The molecule has 1 atom stereocenters. The Bertz CT molecular complexity index is 162. The number of hydrogen-bond acceptors (Lipinski definition) is 4. The molecule has 0 aliphatic heterocycles. The molecule has 0 saturated carbocycles. The van der Waals surface area contributed by atoms with Crippen molar-refractivity contribution in [1.82, 2.24) is 0 Å². The van der Waals surface area contributed by atoms with Crippen LogP contribution in [0.4, 0.5) is 0 Å². The van der Waals surface area contributed by atoms with Gasteiger partial charge in [0, 0.05) is 12.0 Å². The molecule has 0 aliphatic rings. The fraction of sp³-hybridized carbons (Fsp3) is 0.625. The first kappa shape index (κ1) is 11.1. The first-order valence-electron chi connectivity index (χ1n) is 3.71. The van der Waals surface area contributed by atoms with Crippen molar-refractivity contribution >= 4 is 5.97 Å². The SMILES string of the molecule is C=C(CC(C)O)C(=O)OCCO. The van der Waals surface area contributed by atoms with E-state index in [1.807, 2.05) is 0 Å². The average molecular weight is 174 g/mol. The lowest BCUT2D eigenvalue weighted by molar-refractivity contribution is -0.140. The van der Waals surface area contributed by atoms with Crippen molar-refractivity contribution in [3.05, 3.63) is 12.2 Å². The predicted octanol–water partition coefficient (Wildman–Crippen LogP) is -0.151. The number of carbonyl (C=O) groups excluding carboxylic acids is 1. The summed E-state index contributed by atoms with van der Waals surface area (Å²) in [6.07, 6.45) is -0.399. The molecule has 2 N–H and O–H groups in total. The van der Waals surface area contributed by atoms with Gasteiger partial charge >= 0.3 is 5.97 Å². The van der Waals surface area contributed by atoms with Gasteiger partial charge in [-0.05, 0) is 6.92 Å². The average Bonchev–Trinajstić information content (AvgIpc) is 1.98. The van der Waals surface area contributed by atoms with Gasteiger partial charge in [0.25, 0.3) is 0 Å². The van der Waals surface area contributed by atoms with E-state index in [1.165, 1.54) is 0 Å². The molecule has 0 amide bonds. The minimum absolute atomic E-state index is 0.0301. The van der Waals surface area contributed by atoms with Crippen LogP contribution in [-0.2, 0) is 9.53 Å². The predicted molar refractivity (Wildman–Crippen MR) is 43.5 cm³/mol. The minimum Gasteiger partial charge on any atom is -0.460 e. The van der Waals surface area contributed by atoms with Crippen LogP contribution in [0.2, 0.25) is 0 Å². The Morgan fingerprint density at radius 3 is 2.67 bits per heavy atom. The Labute approximate surface area is 71.5 Å². The summed E-state index contributed by atoms with van der Waals surface area (Å²) in [6.45, 7) is 4.76. The number of rotatable bonds is 5. The molecule has 0 aromatic carbocycles. The molecular formula is C8H14O4. The second kappa shape index (κ2) is 5.74. The number of esters is 1. The second-order valence-corrected chi connectivity index (χ2v) is 2.52. The van der Waals surface area contributed by atoms with Gasteiger partial charge in [-0.25, -0.2) is 4.79 Å². The standard InChI is InChI=1S/C8H14O4/c1-6(5-7(2)10)8(11)12-4-3-9/h7,9-10H,1,3-5H2,2H3. The van der Waals surface area contributed by atoms with Crippen LogP contribution in [0.1, 0.15) is 13.3 Å². The summed E-state index contributed by atoms with van der Waals surface area (Å²) >= 11 is 0. The van der Waals surface area contributed by atoms with E-state index in [4.69, 9.17) is 10.2 Å². The van der Waals surface area contributed by atoms with Gasteiger partial charge in [0.05, 0.1) is 12.7 Å². The Morgan fingerprint density at radius 1 is 1.67 bits per heavy atom. The number of carbonyl (C=O) groups is 1. The van der Waals surface area contributed by atoms with Gasteiger partial charge in [0.2, 0.25) is 0 Å². The molecule has 0 bridgehead atoms. The maximum atomic E-state index is 10.9. The van der Waals surface area contributed by atoms with Gasteiger partial charge in [-0.3, -0.25) is 0 Å². The maximum Gasteiger partial charge on any atom is 0.333 e. The molecule has 0 saturated heterocycles. The van der Waals surface area contributed by atoms with Crippen LogP contribution in [0.3, 0.4) is 0 Å². The summed E-state index contributed by atoms with van der Waals surface area (Å²) in [4.78, 5) is 10.9. The molecule has 0 aromatic rings. The fourth-order valence-electron chi connectivity index (χ4n) is 0.680. The van der Waals surface area contributed by atoms with Crippen molar-refractivity contribution in [2.24, 2.45) is 0 Å². The minimum atomic E-state index is -0.598. The number of aliphatic hydroxyl groups excluding tert-OH is 2. The van der Waals surface area contributed by atoms with Gasteiger partial charge < -0.3 is 14.9 Å². The van der Waals surface area contributed by atoms with Crippen molar-refractivity contribution in [2.75, 3.05) is 13.2 Å². The third-order valence-corrected chi connectivity index (χ3v) is 1.15. The fourth-order valence-corrected chi connectivity index (χ4v) is 0.680. The third-order valence-electron chi connectivity index (χ3n) is 1.15. The van der Waals surface area contributed by atoms with Crippen LogP contribution < -0.4 is 0 Å². The Kier molecular flexibility index (Phi) is 5.32. The highest BCUT2D eigenvalue weighted by Gasteiger charge is 2.10. The Balaban J connectivity index is 3.70. The van der Waals surface area contributed by atoms with Gasteiger partial charge in [-0.1, -0.05) is 6.58 Å². The second-order valence-electron chi connectivity index (χ2n) is 2.52. The van der Waals surface area contributed by atoms with Crippen molar-refractivity contribution in [2.45, 2.75) is 19.4 Å². The molecule has 0 heterocycles. The monoisotopic (exact) mass is 174 g/mol. The lowest BCUT2D eigenvalue weighted by Crippen LogP contribution is -2.13. The Hall–Kier alpha value is -0.870. The molecule has 4 nitrogen and oxygen atoms in total. The molecule has 0 radical (unpaired) electrons. The van der Waals surface area contributed by atoms with E-state index < -0.39 is 12.1 Å². The van der Waals surface area contributed by atoms with E-state index in [1.54, 1.807) is 6.92 Å². The highest BCUT2D eigenvalue weighted by atomic mass is 16.5. The molecule has 0 aliphatic carbocycles. The van der Waals surface area contributed by atoms with Gasteiger partial charge in [-0.15, -0.1) is 0 Å². The molecule has 12 heavy (non-hydrogen) atoms. The molecular weight excluding hydrogens is 160 g/mol. The molecule has 0 fully saturated rings. The number of ether oxygens (including phenoxy) is 1. The quantitative estimate of drug-likeness (QED) is 0.449. The lowest BCUT2D eigenvalue weighted by Gasteiger charge is -2.06. The van der Waals surface area contributed by atoms with Crippen molar-refractivity contribution in [3.63, 3.8) is 0 Å². The van der Waals surface area contributed by atoms with E-state index >= 15 is 0 Å². The van der Waals surface area contributed by atoms with E-state index in [-0.39, 0.29) is 25.2 Å². The third kappa shape index (κ3) is 4.87. The summed E-state index contributed by atoms with van der Waals surface area (Å²) < 4.78 is 4.55. The van der Waals surface area contributed by atoms with Crippen LogP contribution in [0.5, 0.6) is 0 Å². The van der Waals surface area contributed by atoms with E-state index in [0.717, 1.165) is 0 Å². The summed E-state index contributed by atoms with van der Waals surface area (Å²) in [5.41, 5.74) is 0.221. The lowest BCUT2D eigenvalue weighted by atomic mass is 10.1. The highest BCUT2D eigenvalue weighted by molar-refractivity contribution is 5.87. The van der Waals surface area contributed by atoms with Crippen LogP contribution in [-0.4, -0.2) is 35.5 Å². The molecule has 0 rings (SSSR count). The van der Waals surface area contributed by atoms with E-state index in [9.17, 15) is 4.79 Å². The smallest absolute Gasteiger partial charge is 0.333 e. The van der Waals surface area contributed by atoms with Crippen LogP contribution >= 0.6 is 0 Å². The summed E-state index contributed by atoms with van der Waals surface area (Å²) in [6, 6.07) is 0. The van der Waals surface area contributed by atoms with Crippen molar-refractivity contribution < 1.29 is 19.7 Å². The van der Waals surface area contributed by atoms with Gasteiger partial charge in [0.15, 0.2) is 0 Å². The maximum absolute atomic E-state index is 10.9. The topological polar surface area (TPSA) is 66.8 Å². The zero-order chi connectivity index (χ0) is 9.56. The summed E-state index contributed by atoms with van der Waals surface area (Å²) in [5, 5.41) is 17.2. The van der Waals surface area contributed by atoms with Crippen LogP contribution in [0, 0.1) is 0 Å². The zero-order valence-electron chi connectivity index (χ0n) is 7.12.